The molecular weight excluding hydrogens is 659 g/mol. The Balaban J connectivity index is 1.05. The Hall–Kier alpha value is -4.19. The molecule has 2 aliphatic rings. The average molecular weight is 704 g/mol. The number of aliphatic hydroxyl groups is 1. The molecule has 264 valence electrons. The number of ether oxygens (including phenoxy) is 2. The largest absolute Gasteiger partial charge is 0.392 e. The lowest BCUT2D eigenvalue weighted by Gasteiger charge is -2.41. The van der Waals surface area contributed by atoms with Gasteiger partial charge in [0.25, 0.3) is 0 Å². The van der Waals surface area contributed by atoms with Crippen molar-refractivity contribution in [1.82, 2.24) is 14.5 Å². The molecule has 2 aliphatic heterocycles. The number of piperazine rings is 1. The number of aliphatic hydroxyl groups excluding tert-OH is 1. The van der Waals surface area contributed by atoms with Crippen LogP contribution < -0.4 is 4.72 Å². The predicted octanol–water partition coefficient (Wildman–Crippen LogP) is 6.69. The summed E-state index contributed by atoms with van der Waals surface area (Å²) in [5, 5.41) is 9.61. The summed E-state index contributed by atoms with van der Waals surface area (Å²) >= 11 is 0. The summed E-state index contributed by atoms with van der Waals surface area (Å²) in [5.41, 5.74) is 7.04. The summed E-state index contributed by atoms with van der Waals surface area (Å²) in [4.78, 5) is 5.27. The molecule has 3 atom stereocenters. The first kappa shape index (κ1) is 35.2. The van der Waals surface area contributed by atoms with Crippen molar-refractivity contribution in [2.24, 2.45) is 0 Å². The van der Waals surface area contributed by atoms with Crippen LogP contribution in [0.4, 0.5) is 0 Å². The highest BCUT2D eigenvalue weighted by molar-refractivity contribution is 7.89. The van der Waals surface area contributed by atoms with Gasteiger partial charge in [0.05, 0.1) is 23.7 Å². The monoisotopic (exact) mass is 703 g/mol. The number of nitrogens with one attached hydrogen (secondary N) is 1. The second-order valence-corrected chi connectivity index (χ2v) is 15.1. The molecule has 2 fully saturated rings. The van der Waals surface area contributed by atoms with E-state index in [2.05, 4.69) is 57.0 Å². The molecule has 2 heterocycles. The number of hydrogen-bond acceptors (Lipinski definition) is 7. The summed E-state index contributed by atoms with van der Waals surface area (Å²) in [6.45, 7) is 5.99. The first-order valence-corrected chi connectivity index (χ1v) is 19.1. The molecule has 9 heteroatoms. The van der Waals surface area contributed by atoms with Crippen molar-refractivity contribution in [3.8, 4) is 11.1 Å². The fraction of sp³-hybridized carbons (Fsp3) is 0.286. The van der Waals surface area contributed by atoms with Gasteiger partial charge < -0.3 is 14.6 Å². The maximum atomic E-state index is 12.8. The maximum absolute atomic E-state index is 12.8. The Kier molecular flexibility index (Phi) is 11.4. The molecule has 7 rings (SSSR count). The van der Waals surface area contributed by atoms with E-state index in [1.165, 1.54) is 5.56 Å². The van der Waals surface area contributed by atoms with Gasteiger partial charge in [-0.3, -0.25) is 9.80 Å². The lowest BCUT2D eigenvalue weighted by Crippen LogP contribution is -2.49. The highest BCUT2D eigenvalue weighted by Gasteiger charge is 2.34. The minimum Gasteiger partial charge on any atom is -0.392 e. The lowest BCUT2D eigenvalue weighted by atomic mass is 9.98. The van der Waals surface area contributed by atoms with E-state index in [0.717, 1.165) is 79.1 Å². The molecule has 0 saturated carbocycles. The van der Waals surface area contributed by atoms with Crippen LogP contribution in [0.5, 0.6) is 0 Å². The van der Waals surface area contributed by atoms with Gasteiger partial charge >= 0.3 is 0 Å². The third-order valence-corrected chi connectivity index (χ3v) is 11.1. The average Bonchev–Trinajstić information content (AvgIpc) is 3.19. The summed E-state index contributed by atoms with van der Waals surface area (Å²) in [7, 11) is -3.62. The Morgan fingerprint density at radius 3 is 2.02 bits per heavy atom. The van der Waals surface area contributed by atoms with E-state index in [1.807, 2.05) is 60.7 Å². The minimum atomic E-state index is -3.62. The molecule has 0 aromatic heterocycles. The second kappa shape index (κ2) is 16.4. The Morgan fingerprint density at radius 1 is 0.647 bits per heavy atom. The molecular formula is C42H45N3O5S. The van der Waals surface area contributed by atoms with E-state index in [1.54, 1.807) is 30.3 Å². The highest BCUT2D eigenvalue weighted by Crippen LogP contribution is 2.39. The van der Waals surface area contributed by atoms with Gasteiger partial charge in [0.15, 0.2) is 6.29 Å². The molecule has 5 aromatic rings. The summed E-state index contributed by atoms with van der Waals surface area (Å²) in [6.07, 6.45) is -0.0201. The summed E-state index contributed by atoms with van der Waals surface area (Å²) < 4.78 is 41.8. The van der Waals surface area contributed by atoms with Gasteiger partial charge in [-0.05, 0) is 57.6 Å². The summed E-state index contributed by atoms with van der Waals surface area (Å²) in [5.74, 6) is 0. The molecule has 5 aromatic carbocycles. The Morgan fingerprint density at radius 2 is 1.29 bits per heavy atom. The van der Waals surface area contributed by atoms with Crippen LogP contribution in [0.25, 0.3) is 11.1 Å². The van der Waals surface area contributed by atoms with Crippen LogP contribution in [0.3, 0.4) is 0 Å². The standard InChI is InChI=1S/C42H45N3O5S/c46-31-33-17-19-35(20-18-33)41-27-39(30-45-23-21-44(22-24-45)29-32-9-3-1-4-10-32)49-42(50-41)38-14-8-13-37(26-38)36-12-7-11-34(25-36)28-43-51(47,48)40-15-5-2-6-16-40/h1-20,25-26,39,41-43,46H,21-24,27-31H2. The van der Waals surface area contributed by atoms with Gasteiger partial charge in [-0.1, -0.05) is 109 Å². The number of nitrogens with zero attached hydrogens (tertiary/aromatic N) is 2. The molecule has 2 N–H and O–H groups in total. The quantitative estimate of drug-likeness (QED) is 0.150. The van der Waals surface area contributed by atoms with E-state index in [9.17, 15) is 13.5 Å². The first-order valence-electron chi connectivity index (χ1n) is 17.6. The predicted molar refractivity (Wildman–Crippen MR) is 199 cm³/mol. The molecule has 0 radical (unpaired) electrons. The molecule has 2 saturated heterocycles. The van der Waals surface area contributed by atoms with E-state index in [4.69, 9.17) is 9.47 Å². The zero-order chi connectivity index (χ0) is 35.0. The highest BCUT2D eigenvalue weighted by atomic mass is 32.2. The molecule has 51 heavy (non-hydrogen) atoms. The minimum absolute atomic E-state index is 0.00328. The van der Waals surface area contributed by atoms with Crippen molar-refractivity contribution in [1.29, 1.82) is 0 Å². The van der Waals surface area contributed by atoms with E-state index >= 15 is 0 Å². The van der Waals surface area contributed by atoms with Crippen LogP contribution in [0.2, 0.25) is 0 Å². The third-order valence-electron chi connectivity index (χ3n) is 9.73. The fourth-order valence-electron chi connectivity index (χ4n) is 6.88. The number of benzene rings is 5. The van der Waals surface area contributed by atoms with Crippen LogP contribution in [0, 0.1) is 0 Å². The van der Waals surface area contributed by atoms with Gasteiger partial charge in [-0.25, -0.2) is 13.1 Å². The molecule has 0 amide bonds. The fourth-order valence-corrected chi connectivity index (χ4v) is 7.92. The van der Waals surface area contributed by atoms with Crippen LogP contribution in [-0.2, 0) is 39.2 Å². The summed E-state index contributed by atoms with van der Waals surface area (Å²) in [6, 6.07) is 43.2. The van der Waals surface area contributed by atoms with E-state index in [0.29, 0.717) is 0 Å². The Labute approximate surface area is 301 Å². The lowest BCUT2D eigenvalue weighted by molar-refractivity contribution is -0.253. The molecule has 0 bridgehead atoms. The molecule has 0 spiro atoms. The van der Waals surface area contributed by atoms with Crippen molar-refractivity contribution >= 4 is 10.0 Å². The smallest absolute Gasteiger partial charge is 0.240 e. The second-order valence-electron chi connectivity index (χ2n) is 13.4. The molecule has 3 unspecified atom stereocenters. The number of hydrogen-bond donors (Lipinski definition) is 2. The van der Waals surface area contributed by atoms with Crippen molar-refractivity contribution in [3.63, 3.8) is 0 Å². The van der Waals surface area contributed by atoms with E-state index in [-0.39, 0.29) is 30.3 Å². The van der Waals surface area contributed by atoms with Crippen LogP contribution in [0.1, 0.15) is 46.6 Å². The van der Waals surface area contributed by atoms with Gasteiger partial charge in [0.1, 0.15) is 0 Å². The van der Waals surface area contributed by atoms with Crippen molar-refractivity contribution in [2.75, 3.05) is 32.7 Å². The zero-order valence-electron chi connectivity index (χ0n) is 28.7. The SMILES string of the molecule is O=S(=O)(NCc1cccc(-c2cccc(C3OC(CN4CCN(Cc5ccccc5)CC4)CC(c4ccc(CO)cc4)O3)c2)c1)c1ccccc1. The number of rotatable bonds is 12. The van der Waals surface area contributed by atoms with Gasteiger partial charge in [-0.2, -0.15) is 0 Å². The topological polar surface area (TPSA) is 91.3 Å². The third kappa shape index (κ3) is 9.19. The molecule has 8 nitrogen and oxygen atoms in total. The Bertz CT molecular complexity index is 1970. The van der Waals surface area contributed by atoms with Crippen molar-refractivity contribution in [3.05, 3.63) is 161 Å². The molecule has 0 aliphatic carbocycles. The van der Waals surface area contributed by atoms with E-state index < -0.39 is 16.3 Å². The zero-order valence-corrected chi connectivity index (χ0v) is 29.5. The number of sulfonamides is 1. The van der Waals surface area contributed by atoms with Crippen LogP contribution >= 0.6 is 0 Å². The van der Waals surface area contributed by atoms with Crippen LogP contribution in [0.15, 0.2) is 138 Å². The maximum Gasteiger partial charge on any atom is 0.240 e. The van der Waals surface area contributed by atoms with Gasteiger partial charge in [-0.15, -0.1) is 0 Å². The normalized spacial score (nSPS) is 20.3. The van der Waals surface area contributed by atoms with Gasteiger partial charge in [0.2, 0.25) is 10.0 Å². The van der Waals surface area contributed by atoms with Crippen LogP contribution in [-0.4, -0.2) is 62.2 Å². The van der Waals surface area contributed by atoms with Crippen molar-refractivity contribution < 1.29 is 23.0 Å². The van der Waals surface area contributed by atoms with Crippen molar-refractivity contribution in [2.45, 2.75) is 49.5 Å². The first-order chi connectivity index (χ1) is 24.9. The van der Waals surface area contributed by atoms with Gasteiger partial charge in [0, 0.05) is 57.8 Å².